The number of carboxylic acids is 1. The maximum absolute atomic E-state index is 11.0. The summed E-state index contributed by atoms with van der Waals surface area (Å²) in [5, 5.41) is 10.1. The van der Waals surface area contributed by atoms with Gasteiger partial charge in [0.15, 0.2) is 0 Å². The molecule has 0 aromatic heterocycles. The van der Waals surface area contributed by atoms with Crippen LogP contribution in [0, 0.1) is 11.3 Å². The van der Waals surface area contributed by atoms with Gasteiger partial charge in [-0.2, -0.15) is 0 Å². The monoisotopic (exact) mass is 264 g/mol. The van der Waals surface area contributed by atoms with Crippen molar-refractivity contribution in [2.45, 2.75) is 46.5 Å². The molecule has 84 valence electrons. The van der Waals surface area contributed by atoms with Gasteiger partial charge in [-0.05, 0) is 32.6 Å². The van der Waals surface area contributed by atoms with Gasteiger partial charge in [0.25, 0.3) is 0 Å². The normalized spacial score (nSPS) is 14.0. The van der Waals surface area contributed by atoms with E-state index in [2.05, 4.69) is 22.9 Å². The number of rotatable bonds is 7. The zero-order valence-electron chi connectivity index (χ0n) is 9.35. The van der Waals surface area contributed by atoms with Gasteiger partial charge < -0.3 is 5.11 Å². The minimum atomic E-state index is -0.678. The Balaban J connectivity index is 4.18. The van der Waals surface area contributed by atoms with Crippen LogP contribution in [0.5, 0.6) is 0 Å². The second-order valence-corrected chi connectivity index (χ2v) is 5.11. The second kappa shape index (κ2) is 6.44. The second-order valence-electron chi connectivity index (χ2n) is 4.32. The van der Waals surface area contributed by atoms with Crippen molar-refractivity contribution in [2.75, 3.05) is 5.33 Å². The molecule has 0 aliphatic carbocycles. The molecule has 1 atom stereocenters. The lowest BCUT2D eigenvalue weighted by atomic mass is 9.75. The summed E-state index contributed by atoms with van der Waals surface area (Å²) in [4.78, 5) is 11.0. The number of hydrogen-bond acceptors (Lipinski definition) is 1. The molecule has 0 fully saturated rings. The lowest BCUT2D eigenvalue weighted by molar-refractivity contribution is -0.150. The van der Waals surface area contributed by atoms with E-state index in [1.165, 1.54) is 0 Å². The molecular formula is C11H21BrO2. The fourth-order valence-corrected chi connectivity index (χ4v) is 2.13. The van der Waals surface area contributed by atoms with Crippen molar-refractivity contribution >= 4 is 21.9 Å². The molecule has 1 N–H and O–H groups in total. The quantitative estimate of drug-likeness (QED) is 0.563. The van der Waals surface area contributed by atoms with E-state index in [1.807, 2.05) is 13.8 Å². The topological polar surface area (TPSA) is 37.3 Å². The van der Waals surface area contributed by atoms with Crippen LogP contribution in [0.2, 0.25) is 0 Å². The van der Waals surface area contributed by atoms with Crippen LogP contribution < -0.4 is 0 Å². The smallest absolute Gasteiger partial charge is 0.309 e. The number of aliphatic carboxylic acids is 1. The van der Waals surface area contributed by atoms with Crippen LogP contribution >= 0.6 is 15.9 Å². The SMILES string of the molecule is CCC(CCCCBr)C(C)(C)C(=O)O. The minimum absolute atomic E-state index is 0.291. The average molecular weight is 265 g/mol. The molecule has 0 aliphatic heterocycles. The number of carbonyl (C=O) groups is 1. The first-order valence-electron chi connectivity index (χ1n) is 5.26. The summed E-state index contributed by atoms with van der Waals surface area (Å²) in [6.07, 6.45) is 4.20. The van der Waals surface area contributed by atoms with Crippen molar-refractivity contribution in [3.05, 3.63) is 0 Å². The van der Waals surface area contributed by atoms with Crippen LogP contribution in [0.25, 0.3) is 0 Å². The highest BCUT2D eigenvalue weighted by Gasteiger charge is 2.34. The summed E-state index contributed by atoms with van der Waals surface area (Å²) in [7, 11) is 0. The number of halogens is 1. The number of alkyl halides is 1. The molecule has 0 radical (unpaired) electrons. The fraction of sp³-hybridized carbons (Fsp3) is 0.909. The zero-order chi connectivity index (χ0) is 11.2. The van der Waals surface area contributed by atoms with Crippen molar-refractivity contribution in [1.29, 1.82) is 0 Å². The molecule has 0 amide bonds. The Hall–Kier alpha value is -0.0500. The van der Waals surface area contributed by atoms with E-state index < -0.39 is 11.4 Å². The van der Waals surface area contributed by atoms with Gasteiger partial charge in [-0.15, -0.1) is 0 Å². The molecule has 0 aromatic carbocycles. The van der Waals surface area contributed by atoms with Gasteiger partial charge in [0.1, 0.15) is 0 Å². The third-order valence-corrected chi connectivity index (χ3v) is 3.56. The van der Waals surface area contributed by atoms with E-state index in [1.54, 1.807) is 0 Å². The standard InChI is InChI=1S/C11H21BrO2/c1-4-9(7-5-6-8-12)11(2,3)10(13)14/h9H,4-8H2,1-3H3,(H,13,14). The molecule has 0 saturated heterocycles. The first kappa shape index (κ1) is 13.9. The van der Waals surface area contributed by atoms with Crippen molar-refractivity contribution in [3.8, 4) is 0 Å². The molecule has 0 bridgehead atoms. The summed E-state index contributed by atoms with van der Waals surface area (Å²) in [6.45, 7) is 5.73. The molecule has 0 spiro atoms. The molecule has 0 rings (SSSR count). The summed E-state index contributed by atoms with van der Waals surface area (Å²) in [6, 6.07) is 0. The molecule has 2 nitrogen and oxygen atoms in total. The summed E-state index contributed by atoms with van der Waals surface area (Å²) in [5.41, 5.74) is -0.582. The molecular weight excluding hydrogens is 244 g/mol. The first-order valence-corrected chi connectivity index (χ1v) is 6.38. The Morgan fingerprint density at radius 3 is 2.36 bits per heavy atom. The largest absolute Gasteiger partial charge is 0.481 e. The van der Waals surface area contributed by atoms with Crippen LogP contribution in [0.15, 0.2) is 0 Å². The van der Waals surface area contributed by atoms with E-state index >= 15 is 0 Å². The van der Waals surface area contributed by atoms with Crippen molar-refractivity contribution in [2.24, 2.45) is 11.3 Å². The number of unbranched alkanes of at least 4 members (excludes halogenated alkanes) is 1. The van der Waals surface area contributed by atoms with Crippen LogP contribution in [-0.4, -0.2) is 16.4 Å². The number of hydrogen-bond donors (Lipinski definition) is 1. The van der Waals surface area contributed by atoms with Gasteiger partial charge in [-0.1, -0.05) is 35.7 Å². The van der Waals surface area contributed by atoms with Crippen molar-refractivity contribution in [1.82, 2.24) is 0 Å². The van der Waals surface area contributed by atoms with E-state index in [-0.39, 0.29) is 0 Å². The average Bonchev–Trinajstić information content (AvgIpc) is 2.12. The Morgan fingerprint density at radius 1 is 1.43 bits per heavy atom. The lowest BCUT2D eigenvalue weighted by Crippen LogP contribution is -2.32. The predicted octanol–water partition coefficient (Wildman–Crippen LogP) is 3.69. The summed E-state index contributed by atoms with van der Waals surface area (Å²) >= 11 is 3.38. The minimum Gasteiger partial charge on any atom is -0.481 e. The maximum Gasteiger partial charge on any atom is 0.309 e. The third-order valence-electron chi connectivity index (χ3n) is 3.00. The Morgan fingerprint density at radius 2 is 2.00 bits per heavy atom. The highest BCUT2D eigenvalue weighted by Crippen LogP contribution is 2.33. The molecule has 0 aromatic rings. The van der Waals surface area contributed by atoms with Crippen LogP contribution in [0.4, 0.5) is 0 Å². The zero-order valence-corrected chi connectivity index (χ0v) is 10.9. The molecule has 1 unspecified atom stereocenters. The highest BCUT2D eigenvalue weighted by molar-refractivity contribution is 9.09. The van der Waals surface area contributed by atoms with E-state index in [0.717, 1.165) is 31.0 Å². The van der Waals surface area contributed by atoms with Gasteiger partial charge in [-0.3, -0.25) is 4.79 Å². The Labute approximate surface area is 95.2 Å². The Kier molecular flexibility index (Phi) is 6.41. The van der Waals surface area contributed by atoms with Crippen LogP contribution in [0.1, 0.15) is 46.5 Å². The van der Waals surface area contributed by atoms with Crippen molar-refractivity contribution < 1.29 is 9.90 Å². The van der Waals surface area contributed by atoms with Crippen LogP contribution in [-0.2, 0) is 4.79 Å². The highest BCUT2D eigenvalue weighted by atomic mass is 79.9. The predicted molar refractivity (Wildman–Crippen MR) is 62.8 cm³/mol. The van der Waals surface area contributed by atoms with Gasteiger partial charge in [-0.25, -0.2) is 0 Å². The molecule has 0 aliphatic rings. The third kappa shape index (κ3) is 3.99. The van der Waals surface area contributed by atoms with Gasteiger partial charge in [0, 0.05) is 5.33 Å². The molecule has 3 heteroatoms. The molecule has 0 heterocycles. The van der Waals surface area contributed by atoms with E-state index in [4.69, 9.17) is 5.11 Å². The van der Waals surface area contributed by atoms with Gasteiger partial charge >= 0.3 is 5.97 Å². The van der Waals surface area contributed by atoms with E-state index in [9.17, 15) is 4.79 Å². The summed E-state index contributed by atoms with van der Waals surface area (Å²) in [5.74, 6) is -0.387. The Bertz CT molecular complexity index is 178. The first-order chi connectivity index (χ1) is 6.46. The lowest BCUT2D eigenvalue weighted by Gasteiger charge is -2.29. The fourth-order valence-electron chi connectivity index (χ4n) is 1.74. The van der Waals surface area contributed by atoms with Gasteiger partial charge in [0.2, 0.25) is 0 Å². The maximum atomic E-state index is 11.0. The van der Waals surface area contributed by atoms with Crippen LogP contribution in [0.3, 0.4) is 0 Å². The molecule has 0 saturated carbocycles. The molecule has 14 heavy (non-hydrogen) atoms. The summed E-state index contributed by atoms with van der Waals surface area (Å²) < 4.78 is 0. The van der Waals surface area contributed by atoms with E-state index in [0.29, 0.717) is 5.92 Å². The van der Waals surface area contributed by atoms with Gasteiger partial charge in [0.05, 0.1) is 5.41 Å². The number of carboxylic acid groups (broad SMARTS) is 1. The van der Waals surface area contributed by atoms with Crippen molar-refractivity contribution in [3.63, 3.8) is 0 Å².